The summed E-state index contributed by atoms with van der Waals surface area (Å²) < 4.78 is 35.9. The van der Waals surface area contributed by atoms with Crippen molar-refractivity contribution in [3.63, 3.8) is 0 Å². The Kier molecular flexibility index (Phi) is 3.60. The first kappa shape index (κ1) is 12.3. The number of rotatable bonds is 5. The minimum atomic E-state index is -3.89. The third-order valence-corrected chi connectivity index (χ3v) is 3.73. The van der Waals surface area contributed by atoms with Crippen molar-refractivity contribution < 1.29 is 17.7 Å². The van der Waals surface area contributed by atoms with Gasteiger partial charge >= 0.3 is 0 Å². The number of hydrogen-bond acceptors (Lipinski definition) is 5. The number of thiazole rings is 1. The molecule has 2 aromatic rings. The van der Waals surface area contributed by atoms with Crippen molar-refractivity contribution >= 4 is 31.7 Å². The summed E-state index contributed by atoms with van der Waals surface area (Å²) in [7, 11) is -3.89. The minimum absolute atomic E-state index is 0.245. The molecular formula is C10H11NO4S2. The zero-order chi connectivity index (χ0) is 12.3. The van der Waals surface area contributed by atoms with Crippen molar-refractivity contribution in [1.82, 2.24) is 4.98 Å². The topological polar surface area (TPSA) is 76.5 Å². The molecule has 2 rings (SSSR count). The van der Waals surface area contributed by atoms with Gasteiger partial charge in [-0.3, -0.25) is 4.55 Å². The molecule has 0 amide bonds. The second kappa shape index (κ2) is 4.99. The van der Waals surface area contributed by atoms with Crippen LogP contribution in [0.1, 0.15) is 6.42 Å². The zero-order valence-corrected chi connectivity index (χ0v) is 10.5. The lowest BCUT2D eigenvalue weighted by Crippen LogP contribution is -2.08. The van der Waals surface area contributed by atoms with Gasteiger partial charge in [0, 0.05) is 6.07 Å². The van der Waals surface area contributed by atoms with E-state index in [2.05, 4.69) is 4.98 Å². The summed E-state index contributed by atoms with van der Waals surface area (Å²) in [5.41, 5.74) is 2.62. The molecule has 5 nitrogen and oxygen atoms in total. The van der Waals surface area contributed by atoms with Gasteiger partial charge in [-0.25, -0.2) is 4.98 Å². The van der Waals surface area contributed by atoms with Crippen molar-refractivity contribution in [2.75, 3.05) is 12.4 Å². The van der Waals surface area contributed by atoms with Crippen LogP contribution in [0.5, 0.6) is 5.75 Å². The highest BCUT2D eigenvalue weighted by Gasteiger charge is 2.04. The zero-order valence-electron chi connectivity index (χ0n) is 8.87. The standard InChI is InChI=1S/C10H11NO4S2/c12-17(13,14)5-1-4-15-8-2-3-10-9(6-8)11-7-16-10/h2-3,6-7H,1,4-5H2,(H,12,13,14). The van der Waals surface area contributed by atoms with Gasteiger partial charge in [0.25, 0.3) is 10.1 Å². The predicted molar refractivity (Wildman–Crippen MR) is 66.1 cm³/mol. The van der Waals surface area contributed by atoms with Gasteiger partial charge < -0.3 is 4.74 Å². The van der Waals surface area contributed by atoms with E-state index in [9.17, 15) is 8.42 Å². The smallest absolute Gasteiger partial charge is 0.264 e. The normalized spacial score (nSPS) is 11.8. The van der Waals surface area contributed by atoms with Gasteiger partial charge in [0.2, 0.25) is 0 Å². The van der Waals surface area contributed by atoms with Crippen LogP contribution < -0.4 is 4.74 Å². The molecule has 0 aliphatic rings. The Hall–Kier alpha value is -1.18. The van der Waals surface area contributed by atoms with Gasteiger partial charge in [-0.1, -0.05) is 0 Å². The summed E-state index contributed by atoms with van der Waals surface area (Å²) in [5, 5.41) is 0. The summed E-state index contributed by atoms with van der Waals surface area (Å²) in [4.78, 5) is 4.15. The van der Waals surface area contributed by atoms with Crippen LogP contribution in [-0.2, 0) is 10.1 Å². The Morgan fingerprint density at radius 1 is 1.41 bits per heavy atom. The molecule has 0 aliphatic carbocycles. The highest BCUT2D eigenvalue weighted by molar-refractivity contribution is 7.85. The molecule has 0 radical (unpaired) electrons. The van der Waals surface area contributed by atoms with Gasteiger partial charge in [-0.05, 0) is 18.6 Å². The highest BCUT2D eigenvalue weighted by Crippen LogP contribution is 2.22. The number of fused-ring (bicyclic) bond motifs is 1. The van der Waals surface area contributed by atoms with Gasteiger partial charge in [-0.2, -0.15) is 8.42 Å². The first-order valence-corrected chi connectivity index (χ1v) is 7.45. The first-order valence-electron chi connectivity index (χ1n) is 4.96. The number of nitrogens with zero attached hydrogens (tertiary/aromatic N) is 1. The van der Waals surface area contributed by atoms with Crippen LogP contribution in [0, 0.1) is 0 Å². The minimum Gasteiger partial charge on any atom is -0.493 e. The van der Waals surface area contributed by atoms with Crippen LogP contribution >= 0.6 is 11.3 Å². The third-order valence-electron chi connectivity index (χ3n) is 2.12. The second-order valence-corrected chi connectivity index (χ2v) is 5.93. The van der Waals surface area contributed by atoms with Crippen LogP contribution in [0.3, 0.4) is 0 Å². The number of ether oxygens (including phenoxy) is 1. The van der Waals surface area contributed by atoms with Crippen LogP contribution in [0.25, 0.3) is 10.2 Å². The molecule has 17 heavy (non-hydrogen) atoms. The Morgan fingerprint density at radius 3 is 3.00 bits per heavy atom. The Bertz CT molecular complexity index is 606. The predicted octanol–water partition coefficient (Wildman–Crippen LogP) is 1.95. The van der Waals surface area contributed by atoms with Crippen molar-refractivity contribution in [3.05, 3.63) is 23.7 Å². The fourth-order valence-electron chi connectivity index (χ4n) is 1.36. The van der Waals surface area contributed by atoms with Gasteiger partial charge in [0.15, 0.2) is 0 Å². The molecular weight excluding hydrogens is 262 g/mol. The molecule has 0 bridgehead atoms. The summed E-state index contributed by atoms with van der Waals surface area (Å²) >= 11 is 1.55. The van der Waals surface area contributed by atoms with E-state index in [0.717, 1.165) is 10.2 Å². The van der Waals surface area contributed by atoms with Crippen molar-refractivity contribution in [2.24, 2.45) is 0 Å². The van der Waals surface area contributed by atoms with Gasteiger partial charge in [0.1, 0.15) is 5.75 Å². The van der Waals surface area contributed by atoms with Crippen LogP contribution in [0.2, 0.25) is 0 Å². The molecule has 7 heteroatoms. The molecule has 92 valence electrons. The number of benzene rings is 1. The maximum atomic E-state index is 10.5. The molecule has 0 aliphatic heterocycles. The monoisotopic (exact) mass is 273 g/mol. The van der Waals surface area contributed by atoms with Crippen LogP contribution in [0.15, 0.2) is 23.7 Å². The Morgan fingerprint density at radius 2 is 2.24 bits per heavy atom. The third kappa shape index (κ3) is 3.65. The van der Waals surface area contributed by atoms with Gasteiger partial charge in [0.05, 0.1) is 28.1 Å². The lowest BCUT2D eigenvalue weighted by molar-refractivity contribution is 0.316. The SMILES string of the molecule is O=S(=O)(O)CCCOc1ccc2scnc2c1. The van der Waals surface area contributed by atoms with E-state index < -0.39 is 10.1 Å². The number of aromatic nitrogens is 1. The average Bonchev–Trinajstić information content (AvgIpc) is 2.70. The summed E-state index contributed by atoms with van der Waals surface area (Å²) in [6, 6.07) is 5.53. The van der Waals surface area contributed by atoms with Crippen LogP contribution in [0.4, 0.5) is 0 Å². The molecule has 0 unspecified atom stereocenters. The van der Waals surface area contributed by atoms with E-state index in [1.807, 2.05) is 12.1 Å². The molecule has 0 saturated carbocycles. The fraction of sp³-hybridized carbons (Fsp3) is 0.300. The van der Waals surface area contributed by atoms with E-state index in [1.54, 1.807) is 22.9 Å². The van der Waals surface area contributed by atoms with Crippen LogP contribution in [-0.4, -0.2) is 30.3 Å². The van der Waals surface area contributed by atoms with E-state index in [4.69, 9.17) is 9.29 Å². The number of hydrogen-bond donors (Lipinski definition) is 1. The maximum absolute atomic E-state index is 10.5. The van der Waals surface area contributed by atoms with E-state index in [0.29, 0.717) is 5.75 Å². The highest BCUT2D eigenvalue weighted by atomic mass is 32.2. The summed E-state index contributed by atoms with van der Waals surface area (Å²) in [6.07, 6.45) is 0.258. The van der Waals surface area contributed by atoms with Crippen molar-refractivity contribution in [1.29, 1.82) is 0 Å². The van der Waals surface area contributed by atoms with Crippen molar-refractivity contribution in [2.45, 2.75) is 6.42 Å². The fourth-order valence-corrected chi connectivity index (χ4v) is 2.50. The molecule has 0 atom stereocenters. The molecule has 0 saturated heterocycles. The average molecular weight is 273 g/mol. The quantitative estimate of drug-likeness (QED) is 0.665. The lowest BCUT2D eigenvalue weighted by Gasteiger charge is -2.04. The lowest BCUT2D eigenvalue weighted by atomic mass is 10.3. The molecule has 1 aromatic heterocycles. The molecule has 0 fully saturated rings. The van der Waals surface area contributed by atoms with E-state index >= 15 is 0 Å². The van der Waals surface area contributed by atoms with E-state index in [-0.39, 0.29) is 18.8 Å². The Balaban J connectivity index is 1.90. The van der Waals surface area contributed by atoms with Crippen molar-refractivity contribution in [3.8, 4) is 5.75 Å². The molecule has 1 N–H and O–H groups in total. The van der Waals surface area contributed by atoms with E-state index in [1.165, 1.54) is 0 Å². The molecule has 1 heterocycles. The largest absolute Gasteiger partial charge is 0.493 e. The second-order valence-electron chi connectivity index (χ2n) is 3.47. The summed E-state index contributed by atoms with van der Waals surface area (Å²) in [5.74, 6) is 0.366. The van der Waals surface area contributed by atoms with Gasteiger partial charge in [-0.15, -0.1) is 11.3 Å². The maximum Gasteiger partial charge on any atom is 0.264 e. The molecule has 1 aromatic carbocycles. The summed E-state index contributed by atoms with van der Waals surface area (Å²) in [6.45, 7) is 0.245. The Labute approximate surface area is 103 Å². The first-order chi connectivity index (χ1) is 8.04. The molecule has 0 spiro atoms.